The molecule has 3 heterocycles. The summed E-state index contributed by atoms with van der Waals surface area (Å²) in [5.41, 5.74) is 3.53. The van der Waals surface area contributed by atoms with E-state index < -0.39 is 11.8 Å². The number of hydrogen-bond donors (Lipinski definition) is 1. The minimum Gasteiger partial charge on any atom is -0.493 e. The molecule has 2 aromatic carbocycles. The van der Waals surface area contributed by atoms with Gasteiger partial charge < -0.3 is 18.6 Å². The van der Waals surface area contributed by atoms with Gasteiger partial charge in [-0.15, -0.1) is 12.4 Å². The predicted molar refractivity (Wildman–Crippen MR) is 148 cm³/mol. The SMILES string of the molecule is CN(C)CCCOc1ccc(C2=C(c3cn(CI)c4ccccc34)C(=O)NC2=O)c2occc12.Cl. The van der Waals surface area contributed by atoms with Crippen LogP contribution in [0.25, 0.3) is 33.0 Å². The lowest BCUT2D eigenvalue weighted by atomic mass is 9.95. The Labute approximate surface area is 222 Å². The molecule has 2 amide bonds. The van der Waals surface area contributed by atoms with Crippen molar-refractivity contribution in [3.8, 4) is 5.75 Å². The maximum Gasteiger partial charge on any atom is 0.259 e. The van der Waals surface area contributed by atoms with Gasteiger partial charge in [0.25, 0.3) is 11.8 Å². The van der Waals surface area contributed by atoms with E-state index in [0.717, 1.165) is 39.4 Å². The molecule has 9 heteroatoms. The van der Waals surface area contributed by atoms with Crippen LogP contribution in [-0.2, 0) is 14.1 Å². The molecule has 0 bridgehead atoms. The summed E-state index contributed by atoms with van der Waals surface area (Å²) in [6.45, 7) is 1.50. The van der Waals surface area contributed by atoms with Crippen molar-refractivity contribution in [3.05, 3.63) is 66.1 Å². The number of imide groups is 1. The molecular weight excluding hydrogens is 581 g/mol. The fourth-order valence-corrected chi connectivity index (χ4v) is 5.00. The molecule has 4 aromatic rings. The standard InChI is InChI=1S/C26H24IN3O4.ClH/c1-29(2)11-5-12-33-21-9-8-18(24-17(21)10-13-34-24)22-23(26(32)28-25(22)31)19-14-30(15-27)20-7-4-3-6-16(19)20;/h3-4,6-10,13-14H,5,11-12,15H2,1-2H3,(H,28,31,32);1H. The summed E-state index contributed by atoms with van der Waals surface area (Å²) in [6, 6.07) is 13.4. The molecular formula is C26H25ClIN3O4. The molecule has 5 rings (SSSR count). The average Bonchev–Trinajstić information content (AvgIpc) is 3.52. The first-order chi connectivity index (χ1) is 16.5. The van der Waals surface area contributed by atoms with Gasteiger partial charge in [0.2, 0.25) is 0 Å². The number of para-hydroxylation sites is 1. The van der Waals surface area contributed by atoms with Gasteiger partial charge in [-0.25, -0.2) is 0 Å². The lowest BCUT2D eigenvalue weighted by Crippen LogP contribution is -2.22. The predicted octanol–water partition coefficient (Wildman–Crippen LogP) is 5.10. The number of amides is 2. The zero-order valence-corrected chi connectivity index (χ0v) is 22.3. The molecule has 0 aliphatic carbocycles. The first kappa shape index (κ1) is 25.3. The van der Waals surface area contributed by atoms with Crippen LogP contribution in [0.1, 0.15) is 17.5 Å². The first-order valence-corrected chi connectivity index (χ1v) is 12.5. The van der Waals surface area contributed by atoms with Gasteiger partial charge in [-0.3, -0.25) is 14.9 Å². The molecule has 0 fully saturated rings. The Bertz CT molecular complexity index is 1450. The number of hydrogen-bond acceptors (Lipinski definition) is 5. The van der Waals surface area contributed by atoms with E-state index in [9.17, 15) is 9.59 Å². The number of fused-ring (bicyclic) bond motifs is 2. The Hall–Kier alpha value is -2.82. The maximum absolute atomic E-state index is 13.0. The number of alkyl halides is 1. The topological polar surface area (TPSA) is 76.7 Å². The zero-order chi connectivity index (χ0) is 23.8. The van der Waals surface area contributed by atoms with Crippen molar-refractivity contribution < 1.29 is 18.7 Å². The van der Waals surface area contributed by atoms with Crippen LogP contribution in [-0.4, -0.2) is 48.5 Å². The number of halogens is 2. The highest BCUT2D eigenvalue weighted by Gasteiger charge is 2.35. The summed E-state index contributed by atoms with van der Waals surface area (Å²) in [5, 5.41) is 4.19. The summed E-state index contributed by atoms with van der Waals surface area (Å²) >= 11 is 2.28. The second-order valence-corrected chi connectivity index (χ2v) is 9.14. The summed E-state index contributed by atoms with van der Waals surface area (Å²) in [6.07, 6.45) is 4.41. The van der Waals surface area contributed by atoms with Crippen molar-refractivity contribution >= 4 is 79.8 Å². The summed E-state index contributed by atoms with van der Waals surface area (Å²) in [5.74, 6) is -0.136. The van der Waals surface area contributed by atoms with Crippen molar-refractivity contribution in [3.63, 3.8) is 0 Å². The maximum atomic E-state index is 13.0. The Morgan fingerprint density at radius 3 is 2.49 bits per heavy atom. The molecule has 0 radical (unpaired) electrons. The largest absolute Gasteiger partial charge is 0.493 e. The third-order valence-electron chi connectivity index (χ3n) is 5.97. The summed E-state index contributed by atoms with van der Waals surface area (Å²) in [7, 11) is 4.06. The quantitative estimate of drug-likeness (QED) is 0.131. The molecule has 2 aromatic heterocycles. The van der Waals surface area contributed by atoms with Gasteiger partial charge in [0.1, 0.15) is 11.3 Å². The molecule has 182 valence electrons. The van der Waals surface area contributed by atoms with Crippen LogP contribution in [0.4, 0.5) is 0 Å². The van der Waals surface area contributed by atoms with Crippen molar-refractivity contribution in [2.45, 2.75) is 11.0 Å². The fourth-order valence-electron chi connectivity index (χ4n) is 4.44. The van der Waals surface area contributed by atoms with E-state index >= 15 is 0 Å². The number of aromatic nitrogens is 1. The fraction of sp³-hybridized carbons (Fsp3) is 0.231. The van der Waals surface area contributed by atoms with Crippen LogP contribution >= 0.6 is 35.0 Å². The molecule has 1 N–H and O–H groups in total. The second-order valence-electron chi connectivity index (χ2n) is 8.46. The molecule has 1 aliphatic heterocycles. The van der Waals surface area contributed by atoms with Crippen molar-refractivity contribution in [1.82, 2.24) is 14.8 Å². The number of ether oxygens (including phenoxy) is 1. The van der Waals surface area contributed by atoms with Crippen LogP contribution in [0.5, 0.6) is 5.75 Å². The molecule has 7 nitrogen and oxygen atoms in total. The Kier molecular flexibility index (Phi) is 7.53. The van der Waals surface area contributed by atoms with E-state index in [2.05, 4.69) is 37.4 Å². The lowest BCUT2D eigenvalue weighted by Gasteiger charge is -2.12. The Morgan fingerprint density at radius 1 is 1.00 bits per heavy atom. The van der Waals surface area contributed by atoms with Crippen molar-refractivity contribution in [1.29, 1.82) is 0 Å². The minimum atomic E-state index is -0.427. The first-order valence-electron chi connectivity index (χ1n) is 11.0. The van der Waals surface area contributed by atoms with E-state index in [1.807, 2.05) is 56.7 Å². The van der Waals surface area contributed by atoms with Crippen LogP contribution in [0.2, 0.25) is 0 Å². The normalized spacial score (nSPS) is 13.7. The molecule has 0 unspecified atom stereocenters. The monoisotopic (exact) mass is 605 g/mol. The Balaban J connectivity index is 0.00000289. The van der Waals surface area contributed by atoms with Crippen molar-refractivity contribution in [2.75, 3.05) is 27.2 Å². The number of nitrogens with one attached hydrogen (secondary N) is 1. The zero-order valence-electron chi connectivity index (χ0n) is 19.3. The summed E-state index contributed by atoms with van der Waals surface area (Å²) in [4.78, 5) is 28.2. The van der Waals surface area contributed by atoms with E-state index in [4.69, 9.17) is 9.15 Å². The van der Waals surface area contributed by atoms with Crippen LogP contribution in [0, 0.1) is 0 Å². The molecule has 0 saturated heterocycles. The molecule has 0 saturated carbocycles. The Morgan fingerprint density at radius 2 is 1.74 bits per heavy atom. The van der Waals surface area contributed by atoms with Crippen LogP contribution in [0.15, 0.2) is 59.3 Å². The van der Waals surface area contributed by atoms with Gasteiger partial charge >= 0.3 is 0 Å². The van der Waals surface area contributed by atoms with Crippen molar-refractivity contribution in [2.24, 2.45) is 0 Å². The van der Waals surface area contributed by atoms with Gasteiger partial charge in [-0.05, 0) is 44.8 Å². The highest BCUT2D eigenvalue weighted by atomic mass is 127. The number of carbonyl (C=O) groups is 2. The van der Waals surface area contributed by atoms with Gasteiger partial charge in [0, 0.05) is 34.8 Å². The van der Waals surface area contributed by atoms with Gasteiger partial charge in [0.05, 0.1) is 34.0 Å². The van der Waals surface area contributed by atoms with E-state index in [0.29, 0.717) is 34.6 Å². The molecule has 1 aliphatic rings. The number of rotatable bonds is 8. The minimum absolute atomic E-state index is 0. The molecule has 0 spiro atoms. The molecule has 0 atom stereocenters. The third-order valence-corrected chi connectivity index (χ3v) is 6.71. The number of carbonyl (C=O) groups excluding carboxylic acids is 2. The number of furan rings is 1. The number of nitrogens with zero attached hydrogens (tertiary/aromatic N) is 2. The summed E-state index contributed by atoms with van der Waals surface area (Å²) < 4.78 is 14.6. The van der Waals surface area contributed by atoms with E-state index in [1.165, 1.54) is 0 Å². The molecule has 35 heavy (non-hydrogen) atoms. The lowest BCUT2D eigenvalue weighted by molar-refractivity contribution is -0.122. The smallest absolute Gasteiger partial charge is 0.259 e. The highest BCUT2D eigenvalue weighted by Crippen LogP contribution is 2.40. The van der Waals surface area contributed by atoms with Gasteiger partial charge in [-0.1, -0.05) is 40.8 Å². The third kappa shape index (κ3) is 4.57. The van der Waals surface area contributed by atoms with Gasteiger partial charge in [0.15, 0.2) is 0 Å². The average molecular weight is 606 g/mol. The number of benzene rings is 2. The van der Waals surface area contributed by atoms with E-state index in [-0.39, 0.29) is 12.4 Å². The van der Waals surface area contributed by atoms with Gasteiger partial charge in [-0.2, -0.15) is 0 Å². The second kappa shape index (κ2) is 10.4. The highest BCUT2D eigenvalue weighted by molar-refractivity contribution is 14.1. The van der Waals surface area contributed by atoms with Crippen LogP contribution in [0.3, 0.4) is 0 Å². The van der Waals surface area contributed by atoms with Crippen LogP contribution < -0.4 is 10.1 Å². The van der Waals surface area contributed by atoms with E-state index in [1.54, 1.807) is 12.3 Å².